The number of nitrogen functional groups attached to an aromatic ring is 1. The third-order valence-electron chi connectivity index (χ3n) is 4.48. The number of ether oxygens (including phenoxy) is 1. The van der Waals surface area contributed by atoms with Gasteiger partial charge >= 0.3 is 0 Å². The first-order valence-electron chi connectivity index (χ1n) is 9.80. The molecular weight excluding hydrogens is 378 g/mol. The maximum Gasteiger partial charge on any atom is 0.280 e. The van der Waals surface area contributed by atoms with Gasteiger partial charge in [-0.25, -0.2) is 0 Å². The van der Waals surface area contributed by atoms with Gasteiger partial charge in [0.1, 0.15) is 5.75 Å². The number of aliphatic imine (C=N–C) groups is 1. The van der Waals surface area contributed by atoms with Gasteiger partial charge in [0.05, 0.1) is 18.0 Å². The van der Waals surface area contributed by atoms with Crippen molar-refractivity contribution >= 4 is 23.2 Å². The first-order chi connectivity index (χ1) is 14.5. The molecule has 0 radical (unpaired) electrons. The van der Waals surface area contributed by atoms with Gasteiger partial charge in [-0.3, -0.25) is 4.79 Å². The molecule has 6 heteroatoms. The molecule has 0 heterocycles. The minimum atomic E-state index is -0.421. The van der Waals surface area contributed by atoms with Crippen LogP contribution in [0, 0.1) is 0 Å². The third-order valence-corrected chi connectivity index (χ3v) is 4.48. The highest BCUT2D eigenvalue weighted by Gasteiger charge is 2.12. The topological polar surface area (TPSA) is 96.9 Å². The second-order valence-corrected chi connectivity index (χ2v) is 6.61. The van der Waals surface area contributed by atoms with Crippen molar-refractivity contribution in [3.8, 4) is 16.9 Å². The first-order valence-corrected chi connectivity index (χ1v) is 9.80. The van der Waals surface area contributed by atoms with Crippen molar-refractivity contribution < 1.29 is 14.6 Å². The van der Waals surface area contributed by atoms with Gasteiger partial charge in [-0.05, 0) is 67.4 Å². The molecule has 1 amide bonds. The van der Waals surface area contributed by atoms with Crippen LogP contribution in [0.1, 0.15) is 29.8 Å². The minimum Gasteiger partial charge on any atom is -0.508 e. The van der Waals surface area contributed by atoms with Gasteiger partial charge in [0.2, 0.25) is 5.90 Å². The van der Waals surface area contributed by atoms with Gasteiger partial charge in [0, 0.05) is 17.7 Å². The molecule has 3 rings (SSSR count). The normalized spacial score (nSPS) is 11.2. The van der Waals surface area contributed by atoms with E-state index < -0.39 is 5.91 Å². The van der Waals surface area contributed by atoms with Gasteiger partial charge < -0.3 is 20.9 Å². The number of phenolic OH excluding ortho intramolecular Hbond substituents is 1. The largest absolute Gasteiger partial charge is 0.508 e. The van der Waals surface area contributed by atoms with Crippen molar-refractivity contribution in [3.05, 3.63) is 77.9 Å². The van der Waals surface area contributed by atoms with Crippen LogP contribution in [0.4, 0.5) is 11.4 Å². The van der Waals surface area contributed by atoms with E-state index in [2.05, 4.69) is 10.3 Å². The second kappa shape index (κ2) is 9.60. The lowest BCUT2D eigenvalue weighted by molar-refractivity contribution is 0.0999. The maximum atomic E-state index is 12.7. The number of amides is 1. The Hall–Kier alpha value is -3.80. The summed E-state index contributed by atoms with van der Waals surface area (Å²) in [5, 5.41) is 12.6. The molecule has 0 atom stereocenters. The highest BCUT2D eigenvalue weighted by atomic mass is 16.5. The summed E-state index contributed by atoms with van der Waals surface area (Å²) in [4.78, 5) is 16.9. The molecular formula is C24H25N3O3. The van der Waals surface area contributed by atoms with Crippen LogP contribution in [0.5, 0.6) is 5.75 Å². The SMILES string of the molecule is CCNc1ccc(C(=O)N=C(OCC)c2ccc(-c3ccc(O)cc3)cc2)cc1N. The quantitative estimate of drug-likeness (QED) is 0.315. The maximum absolute atomic E-state index is 12.7. The number of carbonyl (C=O) groups is 1. The van der Waals surface area contributed by atoms with Crippen LogP contribution < -0.4 is 11.1 Å². The smallest absolute Gasteiger partial charge is 0.280 e. The minimum absolute atomic E-state index is 0.221. The zero-order valence-corrected chi connectivity index (χ0v) is 17.1. The van der Waals surface area contributed by atoms with Crippen LogP contribution >= 0.6 is 0 Å². The number of anilines is 2. The van der Waals surface area contributed by atoms with Gasteiger partial charge in [0.15, 0.2) is 0 Å². The molecule has 154 valence electrons. The lowest BCUT2D eigenvalue weighted by Gasteiger charge is -2.10. The fraction of sp³-hybridized carbons (Fsp3) is 0.167. The molecule has 0 fully saturated rings. The van der Waals surface area contributed by atoms with E-state index in [0.29, 0.717) is 23.4 Å². The molecule has 0 saturated carbocycles. The predicted octanol–water partition coefficient (Wildman–Crippen LogP) is 4.70. The van der Waals surface area contributed by atoms with Gasteiger partial charge in [0.25, 0.3) is 5.91 Å². The molecule has 3 aromatic carbocycles. The Labute approximate surface area is 176 Å². The van der Waals surface area contributed by atoms with E-state index in [1.54, 1.807) is 30.3 Å². The molecule has 0 saturated heterocycles. The summed E-state index contributed by atoms with van der Waals surface area (Å²) >= 11 is 0. The highest BCUT2D eigenvalue weighted by molar-refractivity contribution is 6.07. The number of hydrogen-bond donors (Lipinski definition) is 3. The van der Waals surface area contributed by atoms with Crippen LogP contribution in [0.3, 0.4) is 0 Å². The number of aromatic hydroxyl groups is 1. The van der Waals surface area contributed by atoms with Crippen LogP contribution in [-0.2, 0) is 4.74 Å². The standard InChI is InChI=1S/C24H25N3O3/c1-3-26-22-14-11-19(15-21(22)25)23(29)27-24(30-4-2)18-7-5-16(6-8-18)17-9-12-20(28)13-10-17/h5-15,26,28H,3-4,25H2,1-2H3. The molecule has 4 N–H and O–H groups in total. The van der Waals surface area contributed by atoms with Crippen molar-refractivity contribution in [3.63, 3.8) is 0 Å². The fourth-order valence-corrected chi connectivity index (χ4v) is 2.98. The summed E-state index contributed by atoms with van der Waals surface area (Å²) in [7, 11) is 0. The molecule has 3 aromatic rings. The van der Waals surface area contributed by atoms with Crippen molar-refractivity contribution in [2.75, 3.05) is 24.2 Å². The second-order valence-electron chi connectivity index (χ2n) is 6.61. The lowest BCUT2D eigenvalue weighted by Crippen LogP contribution is -2.11. The molecule has 0 aliphatic heterocycles. The Balaban J connectivity index is 1.85. The molecule has 0 spiro atoms. The number of nitrogens with zero attached hydrogens (tertiary/aromatic N) is 1. The van der Waals surface area contributed by atoms with E-state index >= 15 is 0 Å². The molecule has 0 aliphatic carbocycles. The average Bonchev–Trinajstić information content (AvgIpc) is 2.75. The molecule has 0 aliphatic rings. The number of carbonyl (C=O) groups excluding carboxylic acids is 1. The van der Waals surface area contributed by atoms with E-state index in [1.165, 1.54) is 0 Å². The third kappa shape index (κ3) is 4.97. The monoisotopic (exact) mass is 403 g/mol. The molecule has 30 heavy (non-hydrogen) atoms. The number of rotatable bonds is 6. The molecule has 0 unspecified atom stereocenters. The van der Waals surface area contributed by atoms with E-state index in [0.717, 1.165) is 23.4 Å². The molecule has 0 aromatic heterocycles. The van der Waals surface area contributed by atoms with Crippen LogP contribution in [0.25, 0.3) is 11.1 Å². The number of hydrogen-bond acceptors (Lipinski definition) is 5. The molecule has 0 bridgehead atoms. The summed E-state index contributed by atoms with van der Waals surface area (Å²) in [6.07, 6.45) is 0. The summed E-state index contributed by atoms with van der Waals surface area (Å²) in [5.74, 6) is 0.0590. The van der Waals surface area contributed by atoms with Gasteiger partial charge in [-0.15, -0.1) is 0 Å². The molecule has 6 nitrogen and oxygen atoms in total. The van der Waals surface area contributed by atoms with Crippen LogP contribution in [0.15, 0.2) is 71.7 Å². The van der Waals surface area contributed by atoms with Gasteiger partial charge in [-0.1, -0.05) is 24.3 Å². The van der Waals surface area contributed by atoms with Crippen molar-refractivity contribution in [2.45, 2.75) is 13.8 Å². The van der Waals surface area contributed by atoms with Crippen molar-refractivity contribution in [2.24, 2.45) is 4.99 Å². The van der Waals surface area contributed by atoms with E-state index in [1.807, 2.05) is 50.2 Å². The fourth-order valence-electron chi connectivity index (χ4n) is 2.98. The Kier molecular flexibility index (Phi) is 6.70. The van der Waals surface area contributed by atoms with Crippen molar-refractivity contribution in [1.82, 2.24) is 0 Å². The first kappa shape index (κ1) is 20.9. The zero-order chi connectivity index (χ0) is 21.5. The van der Waals surface area contributed by atoms with E-state index in [4.69, 9.17) is 10.5 Å². The predicted molar refractivity (Wildman–Crippen MR) is 121 cm³/mol. The summed E-state index contributed by atoms with van der Waals surface area (Å²) in [6.45, 7) is 4.94. The lowest BCUT2D eigenvalue weighted by atomic mass is 10.0. The summed E-state index contributed by atoms with van der Waals surface area (Å²) in [5.41, 5.74) is 10.3. The number of phenols is 1. The number of nitrogens with one attached hydrogen (secondary N) is 1. The van der Waals surface area contributed by atoms with Crippen LogP contribution in [-0.4, -0.2) is 30.1 Å². The Morgan fingerprint density at radius 3 is 2.13 bits per heavy atom. The Bertz CT molecular complexity index is 1040. The number of benzene rings is 3. The Morgan fingerprint density at radius 1 is 0.967 bits per heavy atom. The zero-order valence-electron chi connectivity index (χ0n) is 17.1. The highest BCUT2D eigenvalue weighted by Crippen LogP contribution is 2.23. The average molecular weight is 403 g/mol. The summed E-state index contributed by atoms with van der Waals surface area (Å²) < 4.78 is 5.63. The van der Waals surface area contributed by atoms with E-state index in [-0.39, 0.29) is 11.6 Å². The number of nitrogens with two attached hydrogens (primary N) is 1. The van der Waals surface area contributed by atoms with E-state index in [9.17, 15) is 9.90 Å². The Morgan fingerprint density at radius 2 is 1.57 bits per heavy atom. The summed E-state index contributed by atoms with van der Waals surface area (Å²) in [6, 6.07) is 19.6. The van der Waals surface area contributed by atoms with Crippen LogP contribution in [0.2, 0.25) is 0 Å². The van der Waals surface area contributed by atoms with Crippen molar-refractivity contribution in [1.29, 1.82) is 0 Å². The van der Waals surface area contributed by atoms with Gasteiger partial charge in [-0.2, -0.15) is 4.99 Å².